The van der Waals surface area contributed by atoms with E-state index >= 15 is 0 Å². The first-order chi connectivity index (χ1) is 9.61. The van der Waals surface area contributed by atoms with Gasteiger partial charge in [-0.2, -0.15) is 0 Å². The van der Waals surface area contributed by atoms with Crippen molar-refractivity contribution in [2.75, 3.05) is 5.73 Å². The second-order valence-corrected chi connectivity index (χ2v) is 5.86. The Morgan fingerprint density at radius 3 is 2.85 bits per heavy atom. The van der Waals surface area contributed by atoms with Gasteiger partial charge >= 0.3 is 5.97 Å². The van der Waals surface area contributed by atoms with E-state index in [1.165, 1.54) is 19.3 Å². The summed E-state index contributed by atoms with van der Waals surface area (Å²) >= 11 is 0. The van der Waals surface area contributed by atoms with Crippen LogP contribution in [0.3, 0.4) is 0 Å². The molecule has 1 aliphatic carbocycles. The first-order valence-electron chi connectivity index (χ1n) is 7.80. The second-order valence-electron chi connectivity index (χ2n) is 5.86. The van der Waals surface area contributed by atoms with Crippen molar-refractivity contribution in [1.29, 1.82) is 0 Å². The minimum atomic E-state index is -0.239. The minimum Gasteiger partial charge on any atom is -0.458 e. The van der Waals surface area contributed by atoms with Crippen molar-refractivity contribution in [1.82, 2.24) is 4.57 Å². The van der Waals surface area contributed by atoms with Crippen LogP contribution in [0.5, 0.6) is 0 Å². The second kappa shape index (κ2) is 6.82. The van der Waals surface area contributed by atoms with E-state index in [-0.39, 0.29) is 12.1 Å². The average Bonchev–Trinajstić information content (AvgIpc) is 3.17. The van der Waals surface area contributed by atoms with Crippen LogP contribution in [0, 0.1) is 0 Å². The van der Waals surface area contributed by atoms with Gasteiger partial charge in [0.15, 0.2) is 0 Å². The lowest BCUT2D eigenvalue weighted by atomic mass is 10.1. The van der Waals surface area contributed by atoms with E-state index in [1.807, 2.05) is 17.7 Å². The Morgan fingerprint density at radius 1 is 1.45 bits per heavy atom. The summed E-state index contributed by atoms with van der Waals surface area (Å²) in [6.45, 7) is 4.16. The van der Waals surface area contributed by atoms with Crippen molar-refractivity contribution in [3.05, 3.63) is 18.0 Å². The van der Waals surface area contributed by atoms with Crippen molar-refractivity contribution >= 4 is 11.7 Å². The number of nitrogens with zero attached hydrogens (tertiary/aromatic N) is 1. The van der Waals surface area contributed by atoms with Crippen LogP contribution in [0.25, 0.3) is 0 Å². The van der Waals surface area contributed by atoms with Crippen LogP contribution in [-0.4, -0.2) is 16.6 Å². The van der Waals surface area contributed by atoms with Crippen LogP contribution in [0.15, 0.2) is 12.3 Å². The normalized spacial score (nSPS) is 16.1. The number of hydrogen-bond donors (Lipinski definition) is 1. The van der Waals surface area contributed by atoms with E-state index in [0.717, 1.165) is 25.7 Å². The highest BCUT2D eigenvalue weighted by molar-refractivity contribution is 5.89. The molecule has 0 aromatic carbocycles. The van der Waals surface area contributed by atoms with Gasteiger partial charge < -0.3 is 15.0 Å². The molecular formula is C16H26N2O2. The summed E-state index contributed by atoms with van der Waals surface area (Å²) in [5.74, 6) is -0.239. The van der Waals surface area contributed by atoms with E-state index in [0.29, 0.717) is 17.4 Å². The number of nitrogen functional groups attached to an aromatic ring is 1. The Balaban J connectivity index is 1.84. The number of ether oxygens (including phenoxy) is 1. The zero-order chi connectivity index (χ0) is 14.5. The molecule has 4 heteroatoms. The minimum absolute atomic E-state index is 0.0249. The lowest BCUT2D eigenvalue weighted by molar-refractivity contribution is 0.0306. The molecule has 1 unspecified atom stereocenters. The smallest absolute Gasteiger partial charge is 0.355 e. The zero-order valence-corrected chi connectivity index (χ0v) is 12.6. The van der Waals surface area contributed by atoms with E-state index in [4.69, 9.17) is 10.5 Å². The first kappa shape index (κ1) is 14.9. The Kier molecular flexibility index (Phi) is 5.10. The van der Waals surface area contributed by atoms with Gasteiger partial charge in [-0.3, -0.25) is 0 Å². The molecule has 112 valence electrons. The number of nitrogens with two attached hydrogens (primary N) is 1. The third-order valence-corrected chi connectivity index (χ3v) is 3.79. The van der Waals surface area contributed by atoms with Crippen molar-refractivity contribution in [3.63, 3.8) is 0 Å². The van der Waals surface area contributed by atoms with Crippen LogP contribution in [0.4, 0.5) is 5.69 Å². The Hall–Kier alpha value is -1.45. The maximum absolute atomic E-state index is 12.2. The summed E-state index contributed by atoms with van der Waals surface area (Å²) in [5.41, 5.74) is 7.04. The van der Waals surface area contributed by atoms with Crippen LogP contribution in [-0.2, 0) is 4.74 Å². The quantitative estimate of drug-likeness (QED) is 0.579. The van der Waals surface area contributed by atoms with Crippen LogP contribution >= 0.6 is 0 Å². The number of esters is 1. The van der Waals surface area contributed by atoms with Crippen molar-refractivity contribution in [3.8, 4) is 0 Å². The van der Waals surface area contributed by atoms with Gasteiger partial charge in [-0.1, -0.05) is 26.2 Å². The summed E-state index contributed by atoms with van der Waals surface area (Å²) < 4.78 is 7.51. The molecule has 0 radical (unpaired) electrons. The zero-order valence-electron chi connectivity index (χ0n) is 12.6. The molecule has 4 nitrogen and oxygen atoms in total. The molecular weight excluding hydrogens is 252 g/mol. The predicted molar refractivity (Wildman–Crippen MR) is 80.8 cm³/mol. The van der Waals surface area contributed by atoms with E-state index < -0.39 is 0 Å². The van der Waals surface area contributed by atoms with Crippen molar-refractivity contribution in [2.45, 2.75) is 70.9 Å². The number of rotatable bonds is 8. The summed E-state index contributed by atoms with van der Waals surface area (Å²) in [7, 11) is 0. The van der Waals surface area contributed by atoms with Gasteiger partial charge in [-0.25, -0.2) is 4.79 Å². The largest absolute Gasteiger partial charge is 0.458 e. The fraction of sp³-hybridized carbons (Fsp3) is 0.688. The Morgan fingerprint density at radius 2 is 2.20 bits per heavy atom. The lowest BCUT2D eigenvalue weighted by Gasteiger charge is -2.14. The van der Waals surface area contributed by atoms with Gasteiger partial charge in [-0.15, -0.1) is 0 Å². The number of unbranched alkanes of at least 4 members (excludes halogenated alkanes) is 3. The number of hydrogen-bond acceptors (Lipinski definition) is 3. The molecule has 1 saturated carbocycles. The fourth-order valence-electron chi connectivity index (χ4n) is 2.48. The molecule has 1 fully saturated rings. The predicted octanol–water partition coefficient (Wildman–Crippen LogP) is 3.92. The van der Waals surface area contributed by atoms with Gasteiger partial charge in [0.1, 0.15) is 5.69 Å². The highest BCUT2D eigenvalue weighted by atomic mass is 16.5. The molecule has 0 spiro atoms. The molecule has 1 aliphatic rings. The highest BCUT2D eigenvalue weighted by Gasteiger charge is 2.28. The SMILES string of the molecule is CCCCCCC(C)OC(=O)c1cc(N)cn1C1CC1. The van der Waals surface area contributed by atoms with E-state index in [1.54, 1.807) is 6.07 Å². The van der Waals surface area contributed by atoms with Gasteiger partial charge in [0.25, 0.3) is 0 Å². The monoisotopic (exact) mass is 278 g/mol. The average molecular weight is 278 g/mol. The fourth-order valence-corrected chi connectivity index (χ4v) is 2.48. The molecule has 1 aromatic heterocycles. The Bertz CT molecular complexity index is 449. The highest BCUT2D eigenvalue weighted by Crippen LogP contribution is 2.37. The molecule has 0 aliphatic heterocycles. The Labute approximate surface area is 121 Å². The molecule has 2 rings (SSSR count). The molecule has 20 heavy (non-hydrogen) atoms. The van der Waals surface area contributed by atoms with Crippen molar-refractivity contribution < 1.29 is 9.53 Å². The topological polar surface area (TPSA) is 57.2 Å². The number of aromatic nitrogens is 1. The lowest BCUT2D eigenvalue weighted by Crippen LogP contribution is -2.17. The molecule has 1 heterocycles. The third kappa shape index (κ3) is 4.02. The van der Waals surface area contributed by atoms with Gasteiger partial charge in [0, 0.05) is 12.2 Å². The van der Waals surface area contributed by atoms with E-state index in [9.17, 15) is 4.79 Å². The van der Waals surface area contributed by atoms with Gasteiger partial charge in [0.05, 0.1) is 11.8 Å². The maximum Gasteiger partial charge on any atom is 0.355 e. The number of carbonyl (C=O) groups is 1. The summed E-state index contributed by atoms with van der Waals surface area (Å²) in [6, 6.07) is 2.17. The molecule has 0 bridgehead atoms. The van der Waals surface area contributed by atoms with Crippen LogP contribution in [0.1, 0.15) is 75.3 Å². The van der Waals surface area contributed by atoms with Crippen molar-refractivity contribution in [2.24, 2.45) is 0 Å². The standard InChI is InChI=1S/C16H26N2O2/c1-3-4-5-6-7-12(2)20-16(19)15-10-13(17)11-18(15)14-8-9-14/h10-12,14H,3-9,17H2,1-2H3. The molecule has 1 atom stereocenters. The number of anilines is 1. The van der Waals surface area contributed by atoms with Crippen LogP contribution in [0.2, 0.25) is 0 Å². The van der Waals surface area contributed by atoms with Gasteiger partial charge in [-0.05, 0) is 38.7 Å². The van der Waals surface area contributed by atoms with Gasteiger partial charge in [0.2, 0.25) is 0 Å². The summed E-state index contributed by atoms with van der Waals surface area (Å²) in [6.07, 6.45) is 9.82. The number of carbonyl (C=O) groups excluding carboxylic acids is 1. The summed E-state index contributed by atoms with van der Waals surface area (Å²) in [4.78, 5) is 12.2. The van der Waals surface area contributed by atoms with Crippen LogP contribution < -0.4 is 5.73 Å². The summed E-state index contributed by atoms with van der Waals surface area (Å²) in [5, 5.41) is 0. The molecule has 0 saturated heterocycles. The first-order valence-corrected chi connectivity index (χ1v) is 7.80. The third-order valence-electron chi connectivity index (χ3n) is 3.79. The van der Waals surface area contributed by atoms with E-state index in [2.05, 4.69) is 6.92 Å². The maximum atomic E-state index is 12.2. The molecule has 2 N–H and O–H groups in total. The molecule has 1 aromatic rings. The molecule has 0 amide bonds.